The predicted octanol–water partition coefficient (Wildman–Crippen LogP) is 4.51. The SMILES string of the molecule is CC(C)Nc1cccc2ncn(CC(=O)Nc3cccc(C(F)(F)F)c3)c12. The van der Waals surface area contributed by atoms with Crippen LogP contribution in [0.2, 0.25) is 0 Å². The van der Waals surface area contributed by atoms with Gasteiger partial charge >= 0.3 is 6.18 Å². The molecule has 3 aromatic rings. The Balaban J connectivity index is 1.81. The van der Waals surface area contributed by atoms with E-state index in [0.717, 1.165) is 28.9 Å². The fraction of sp³-hybridized carbons (Fsp3) is 0.263. The number of hydrogen-bond acceptors (Lipinski definition) is 3. The normalized spacial score (nSPS) is 11.8. The molecule has 0 bridgehead atoms. The number of rotatable bonds is 5. The van der Waals surface area contributed by atoms with Crippen LogP contribution in [0.1, 0.15) is 19.4 Å². The van der Waals surface area contributed by atoms with Gasteiger partial charge in [0.2, 0.25) is 5.91 Å². The van der Waals surface area contributed by atoms with Crippen LogP contribution in [-0.2, 0) is 17.5 Å². The number of hydrogen-bond donors (Lipinski definition) is 2. The standard InChI is InChI=1S/C19H19F3N4O/c1-12(2)24-16-8-4-7-15-18(16)26(11-23-15)10-17(27)25-14-6-3-5-13(9-14)19(20,21)22/h3-9,11-12,24H,10H2,1-2H3,(H,25,27). The van der Waals surface area contributed by atoms with E-state index in [0.29, 0.717) is 0 Å². The molecule has 2 aromatic carbocycles. The van der Waals surface area contributed by atoms with Crippen LogP contribution in [0.15, 0.2) is 48.8 Å². The zero-order chi connectivity index (χ0) is 19.6. The van der Waals surface area contributed by atoms with Crippen molar-refractivity contribution >= 4 is 28.3 Å². The molecule has 0 unspecified atom stereocenters. The second-order valence-corrected chi connectivity index (χ2v) is 6.47. The number of fused-ring (bicyclic) bond motifs is 1. The van der Waals surface area contributed by atoms with Gasteiger partial charge in [0, 0.05) is 11.7 Å². The summed E-state index contributed by atoms with van der Waals surface area (Å²) in [6, 6.07) is 10.3. The summed E-state index contributed by atoms with van der Waals surface area (Å²) in [7, 11) is 0. The van der Waals surface area contributed by atoms with Crippen LogP contribution in [0.3, 0.4) is 0 Å². The molecule has 1 heterocycles. The highest BCUT2D eigenvalue weighted by Gasteiger charge is 2.30. The first-order valence-electron chi connectivity index (χ1n) is 8.41. The second-order valence-electron chi connectivity index (χ2n) is 6.47. The van der Waals surface area contributed by atoms with Gasteiger partial charge in [-0.05, 0) is 44.2 Å². The minimum Gasteiger partial charge on any atom is -0.381 e. The van der Waals surface area contributed by atoms with Crippen molar-refractivity contribution in [3.05, 3.63) is 54.4 Å². The lowest BCUT2D eigenvalue weighted by Crippen LogP contribution is -2.19. The molecule has 3 rings (SSSR count). The number of nitrogens with zero attached hydrogens (tertiary/aromatic N) is 2. The molecule has 142 valence electrons. The van der Waals surface area contributed by atoms with Gasteiger partial charge in [0.05, 0.1) is 28.6 Å². The maximum Gasteiger partial charge on any atom is 0.416 e. The molecule has 0 aliphatic heterocycles. The van der Waals surface area contributed by atoms with Gasteiger partial charge in [-0.15, -0.1) is 0 Å². The topological polar surface area (TPSA) is 59.0 Å². The number of benzene rings is 2. The predicted molar refractivity (Wildman–Crippen MR) is 98.6 cm³/mol. The average molecular weight is 376 g/mol. The number of carbonyl (C=O) groups excluding carboxylic acids is 1. The van der Waals surface area contributed by atoms with Gasteiger partial charge in [-0.25, -0.2) is 4.98 Å². The Kier molecular flexibility index (Phi) is 5.07. The summed E-state index contributed by atoms with van der Waals surface area (Å²) in [5, 5.41) is 5.81. The summed E-state index contributed by atoms with van der Waals surface area (Å²) >= 11 is 0. The van der Waals surface area contributed by atoms with E-state index in [9.17, 15) is 18.0 Å². The first-order chi connectivity index (χ1) is 12.7. The van der Waals surface area contributed by atoms with Crippen LogP contribution >= 0.6 is 0 Å². The summed E-state index contributed by atoms with van der Waals surface area (Å²) in [4.78, 5) is 16.6. The number of anilines is 2. The molecule has 5 nitrogen and oxygen atoms in total. The molecule has 8 heteroatoms. The van der Waals surface area contributed by atoms with Gasteiger partial charge in [0.25, 0.3) is 0 Å². The van der Waals surface area contributed by atoms with Crippen molar-refractivity contribution in [3.63, 3.8) is 0 Å². The second kappa shape index (κ2) is 7.30. The van der Waals surface area contributed by atoms with Crippen molar-refractivity contribution in [1.29, 1.82) is 0 Å². The largest absolute Gasteiger partial charge is 0.416 e. The van der Waals surface area contributed by atoms with Crippen LogP contribution < -0.4 is 10.6 Å². The minimum atomic E-state index is -4.46. The van der Waals surface area contributed by atoms with Crippen LogP contribution in [0.25, 0.3) is 11.0 Å². The lowest BCUT2D eigenvalue weighted by atomic mass is 10.2. The smallest absolute Gasteiger partial charge is 0.381 e. The number of alkyl halides is 3. The molecule has 0 aliphatic rings. The van der Waals surface area contributed by atoms with E-state index in [1.807, 2.05) is 32.0 Å². The Labute approximate surface area is 154 Å². The third-order valence-electron chi connectivity index (χ3n) is 3.87. The van der Waals surface area contributed by atoms with E-state index in [1.165, 1.54) is 12.1 Å². The quantitative estimate of drug-likeness (QED) is 0.689. The Morgan fingerprint density at radius 1 is 1.19 bits per heavy atom. The number of imidazole rings is 1. The van der Waals surface area contributed by atoms with Crippen molar-refractivity contribution in [2.45, 2.75) is 32.6 Å². The van der Waals surface area contributed by atoms with Gasteiger partial charge in [0.1, 0.15) is 6.54 Å². The summed E-state index contributed by atoms with van der Waals surface area (Å²) < 4.78 is 40.1. The molecule has 0 saturated carbocycles. The Morgan fingerprint density at radius 2 is 1.93 bits per heavy atom. The molecular weight excluding hydrogens is 357 g/mol. The molecule has 27 heavy (non-hydrogen) atoms. The van der Waals surface area contributed by atoms with Crippen molar-refractivity contribution in [2.75, 3.05) is 10.6 Å². The molecule has 0 atom stereocenters. The Bertz CT molecular complexity index is 963. The maximum atomic E-state index is 12.8. The molecule has 2 N–H and O–H groups in total. The fourth-order valence-electron chi connectivity index (χ4n) is 2.80. The highest BCUT2D eigenvalue weighted by atomic mass is 19.4. The Hall–Kier alpha value is -3.03. The molecule has 0 saturated heterocycles. The zero-order valence-electron chi connectivity index (χ0n) is 14.8. The van der Waals surface area contributed by atoms with Gasteiger partial charge < -0.3 is 15.2 Å². The number of aromatic nitrogens is 2. The maximum absolute atomic E-state index is 12.8. The molecule has 1 amide bonds. The molecule has 1 aromatic heterocycles. The zero-order valence-corrected chi connectivity index (χ0v) is 14.8. The summed E-state index contributed by atoms with van der Waals surface area (Å²) in [5.41, 5.74) is 1.63. The van der Waals surface area contributed by atoms with Crippen molar-refractivity contribution in [2.24, 2.45) is 0 Å². The van der Waals surface area contributed by atoms with Gasteiger partial charge in [-0.2, -0.15) is 13.2 Å². The molecule has 0 spiro atoms. The third kappa shape index (κ3) is 4.39. The van der Waals surface area contributed by atoms with Crippen LogP contribution in [-0.4, -0.2) is 21.5 Å². The molecule has 0 aliphatic carbocycles. The van der Waals surface area contributed by atoms with Gasteiger partial charge in [0.15, 0.2) is 0 Å². The molecular formula is C19H19F3N4O. The lowest BCUT2D eigenvalue weighted by Gasteiger charge is -2.14. The van der Waals surface area contributed by atoms with E-state index in [2.05, 4.69) is 15.6 Å². The number of halogens is 3. The third-order valence-corrected chi connectivity index (χ3v) is 3.87. The van der Waals surface area contributed by atoms with Crippen LogP contribution in [0.4, 0.5) is 24.5 Å². The van der Waals surface area contributed by atoms with Crippen molar-refractivity contribution < 1.29 is 18.0 Å². The van der Waals surface area contributed by atoms with Crippen LogP contribution in [0.5, 0.6) is 0 Å². The number of nitrogens with one attached hydrogen (secondary N) is 2. The van der Waals surface area contributed by atoms with Gasteiger partial charge in [-0.3, -0.25) is 4.79 Å². The Morgan fingerprint density at radius 3 is 2.63 bits per heavy atom. The number of amides is 1. The van der Waals surface area contributed by atoms with Crippen molar-refractivity contribution in [3.8, 4) is 0 Å². The van der Waals surface area contributed by atoms with E-state index < -0.39 is 17.6 Å². The fourth-order valence-corrected chi connectivity index (χ4v) is 2.80. The first kappa shape index (κ1) is 18.8. The number of carbonyl (C=O) groups is 1. The average Bonchev–Trinajstić information content (AvgIpc) is 2.98. The molecule has 0 radical (unpaired) electrons. The van der Waals surface area contributed by atoms with E-state index >= 15 is 0 Å². The summed E-state index contributed by atoms with van der Waals surface area (Å²) in [5.74, 6) is -0.437. The summed E-state index contributed by atoms with van der Waals surface area (Å²) in [6.45, 7) is 3.93. The van der Waals surface area contributed by atoms with E-state index in [-0.39, 0.29) is 18.3 Å². The van der Waals surface area contributed by atoms with Gasteiger partial charge in [-0.1, -0.05) is 12.1 Å². The van der Waals surface area contributed by atoms with Crippen molar-refractivity contribution in [1.82, 2.24) is 9.55 Å². The monoisotopic (exact) mass is 376 g/mol. The van der Waals surface area contributed by atoms with Crippen LogP contribution in [0, 0.1) is 0 Å². The summed E-state index contributed by atoms with van der Waals surface area (Å²) in [6.07, 6.45) is -2.92. The lowest BCUT2D eigenvalue weighted by molar-refractivity contribution is -0.137. The molecule has 0 fully saturated rings. The highest BCUT2D eigenvalue weighted by molar-refractivity contribution is 5.94. The number of para-hydroxylation sites is 1. The first-order valence-corrected chi connectivity index (χ1v) is 8.41. The van der Waals surface area contributed by atoms with E-state index in [4.69, 9.17) is 0 Å². The highest BCUT2D eigenvalue weighted by Crippen LogP contribution is 2.30. The minimum absolute atomic E-state index is 0.0659. The van der Waals surface area contributed by atoms with E-state index in [1.54, 1.807) is 10.9 Å².